The zero-order valence-electron chi connectivity index (χ0n) is 13.5. The standard InChI is InChI=1S/C19H27N/c1-13(2)19(17(6)20)16(5)10-11-18-12-14(3)8-7-9-15(18)4/h8,12,15-16H,1,7,9,20H2,2-6H3/b19-17-. The minimum atomic E-state index is 0.123. The molecule has 0 fully saturated rings. The van der Waals surface area contributed by atoms with Crippen LogP contribution in [-0.4, -0.2) is 0 Å². The SMILES string of the molecule is C=C(C)/C(=C(\C)N)C(C)C#CC1=CC(C)=CCCC1C. The summed E-state index contributed by atoms with van der Waals surface area (Å²) in [6, 6.07) is 0. The van der Waals surface area contributed by atoms with E-state index >= 15 is 0 Å². The van der Waals surface area contributed by atoms with Crippen molar-refractivity contribution in [2.75, 3.05) is 0 Å². The quantitative estimate of drug-likeness (QED) is 0.569. The maximum Gasteiger partial charge on any atom is 0.0447 e. The van der Waals surface area contributed by atoms with Crippen molar-refractivity contribution in [2.24, 2.45) is 17.6 Å². The Labute approximate surface area is 124 Å². The van der Waals surface area contributed by atoms with Gasteiger partial charge in [0.2, 0.25) is 0 Å². The van der Waals surface area contributed by atoms with E-state index in [0.717, 1.165) is 23.3 Å². The van der Waals surface area contributed by atoms with Gasteiger partial charge in [0.1, 0.15) is 0 Å². The summed E-state index contributed by atoms with van der Waals surface area (Å²) in [4.78, 5) is 0. The summed E-state index contributed by atoms with van der Waals surface area (Å²) in [5.74, 6) is 7.37. The number of hydrogen-bond donors (Lipinski definition) is 1. The predicted octanol–water partition coefficient (Wildman–Crippen LogP) is 4.74. The van der Waals surface area contributed by atoms with Crippen molar-refractivity contribution in [1.29, 1.82) is 0 Å². The molecule has 2 N–H and O–H groups in total. The molecule has 1 nitrogen and oxygen atoms in total. The molecule has 0 aromatic heterocycles. The summed E-state index contributed by atoms with van der Waals surface area (Å²) in [5.41, 5.74) is 11.4. The first-order valence-electron chi connectivity index (χ1n) is 7.35. The molecular weight excluding hydrogens is 242 g/mol. The lowest BCUT2D eigenvalue weighted by molar-refractivity contribution is 0.642. The van der Waals surface area contributed by atoms with E-state index in [9.17, 15) is 0 Å². The summed E-state index contributed by atoms with van der Waals surface area (Å²) in [6.45, 7) is 14.4. The molecule has 0 amide bonds. The molecule has 1 rings (SSSR count). The topological polar surface area (TPSA) is 26.0 Å². The molecule has 0 saturated heterocycles. The Morgan fingerprint density at radius 1 is 1.45 bits per heavy atom. The van der Waals surface area contributed by atoms with Crippen molar-refractivity contribution >= 4 is 0 Å². The highest BCUT2D eigenvalue weighted by Gasteiger charge is 2.11. The van der Waals surface area contributed by atoms with E-state index in [2.05, 4.69) is 51.3 Å². The highest BCUT2D eigenvalue weighted by Crippen LogP contribution is 2.24. The molecule has 0 spiro atoms. The fourth-order valence-electron chi connectivity index (χ4n) is 2.63. The van der Waals surface area contributed by atoms with Crippen molar-refractivity contribution in [2.45, 2.75) is 47.5 Å². The second-order valence-electron chi connectivity index (χ2n) is 5.89. The van der Waals surface area contributed by atoms with E-state index in [-0.39, 0.29) is 5.92 Å². The summed E-state index contributed by atoms with van der Waals surface area (Å²) in [7, 11) is 0. The van der Waals surface area contributed by atoms with Crippen molar-refractivity contribution < 1.29 is 0 Å². The molecule has 0 aromatic carbocycles. The van der Waals surface area contributed by atoms with Crippen LogP contribution in [0.5, 0.6) is 0 Å². The third-order valence-corrected chi connectivity index (χ3v) is 3.73. The van der Waals surface area contributed by atoms with Crippen LogP contribution in [0.2, 0.25) is 0 Å². The van der Waals surface area contributed by atoms with Crippen LogP contribution in [-0.2, 0) is 0 Å². The van der Waals surface area contributed by atoms with E-state index in [4.69, 9.17) is 5.73 Å². The van der Waals surface area contributed by atoms with Crippen molar-refractivity contribution in [3.8, 4) is 11.8 Å². The second-order valence-corrected chi connectivity index (χ2v) is 5.89. The fraction of sp³-hybridized carbons (Fsp3) is 0.474. The lowest BCUT2D eigenvalue weighted by atomic mass is 9.92. The monoisotopic (exact) mass is 269 g/mol. The Hall–Kier alpha value is -1.68. The molecule has 0 radical (unpaired) electrons. The van der Waals surface area contributed by atoms with Crippen LogP contribution in [0.4, 0.5) is 0 Å². The van der Waals surface area contributed by atoms with Gasteiger partial charge in [-0.15, -0.1) is 0 Å². The zero-order valence-corrected chi connectivity index (χ0v) is 13.5. The normalized spacial score (nSPS) is 21.6. The number of allylic oxidation sites excluding steroid dienone is 7. The molecule has 0 heterocycles. The minimum Gasteiger partial charge on any atom is -0.402 e. The smallest absolute Gasteiger partial charge is 0.0447 e. The van der Waals surface area contributed by atoms with E-state index in [0.29, 0.717) is 5.92 Å². The molecule has 2 unspecified atom stereocenters. The van der Waals surface area contributed by atoms with Crippen molar-refractivity contribution in [3.05, 3.63) is 46.7 Å². The predicted molar refractivity (Wildman–Crippen MR) is 88.9 cm³/mol. The van der Waals surface area contributed by atoms with Gasteiger partial charge in [0.25, 0.3) is 0 Å². The van der Waals surface area contributed by atoms with Gasteiger partial charge < -0.3 is 5.73 Å². The Bertz CT molecular complexity index is 528. The van der Waals surface area contributed by atoms with Gasteiger partial charge in [-0.2, -0.15) is 0 Å². The van der Waals surface area contributed by atoms with E-state index in [1.807, 2.05) is 13.8 Å². The van der Waals surface area contributed by atoms with Gasteiger partial charge >= 0.3 is 0 Å². The van der Waals surface area contributed by atoms with E-state index in [1.54, 1.807) is 0 Å². The zero-order chi connectivity index (χ0) is 15.3. The van der Waals surface area contributed by atoms with Gasteiger partial charge in [-0.3, -0.25) is 0 Å². The van der Waals surface area contributed by atoms with Crippen LogP contribution in [0, 0.1) is 23.7 Å². The number of hydrogen-bond acceptors (Lipinski definition) is 1. The molecule has 0 bridgehead atoms. The van der Waals surface area contributed by atoms with Gasteiger partial charge in [0, 0.05) is 17.2 Å². The third kappa shape index (κ3) is 4.46. The molecule has 0 saturated carbocycles. The Morgan fingerprint density at radius 3 is 2.65 bits per heavy atom. The number of nitrogens with two attached hydrogens (primary N) is 1. The highest BCUT2D eigenvalue weighted by atomic mass is 14.6. The summed E-state index contributed by atoms with van der Waals surface area (Å²) in [5, 5.41) is 0. The largest absolute Gasteiger partial charge is 0.402 e. The molecule has 108 valence electrons. The summed E-state index contributed by atoms with van der Waals surface area (Å²) >= 11 is 0. The average Bonchev–Trinajstić information content (AvgIpc) is 2.47. The molecule has 0 aromatic rings. The average molecular weight is 269 g/mol. The Balaban J connectivity index is 3.01. The fourth-order valence-corrected chi connectivity index (χ4v) is 2.63. The molecule has 1 aliphatic rings. The maximum absolute atomic E-state index is 5.95. The molecule has 1 aliphatic carbocycles. The van der Waals surface area contributed by atoms with Gasteiger partial charge in [-0.1, -0.05) is 42.6 Å². The minimum absolute atomic E-state index is 0.123. The van der Waals surface area contributed by atoms with Crippen LogP contribution in [0.1, 0.15) is 47.5 Å². The lowest BCUT2D eigenvalue weighted by Crippen LogP contribution is -2.07. The van der Waals surface area contributed by atoms with Crippen molar-refractivity contribution in [1.82, 2.24) is 0 Å². The van der Waals surface area contributed by atoms with Gasteiger partial charge in [-0.05, 0) is 58.1 Å². The van der Waals surface area contributed by atoms with Crippen LogP contribution >= 0.6 is 0 Å². The van der Waals surface area contributed by atoms with Gasteiger partial charge in [-0.25, -0.2) is 0 Å². The second kappa shape index (κ2) is 7.20. The summed E-state index contributed by atoms with van der Waals surface area (Å²) < 4.78 is 0. The molecular formula is C19H27N. The van der Waals surface area contributed by atoms with E-state index < -0.39 is 0 Å². The maximum atomic E-state index is 5.95. The van der Waals surface area contributed by atoms with Crippen LogP contribution in [0.25, 0.3) is 0 Å². The molecule has 1 heteroatoms. The third-order valence-electron chi connectivity index (χ3n) is 3.73. The first kappa shape index (κ1) is 16.4. The van der Waals surface area contributed by atoms with Crippen LogP contribution < -0.4 is 5.73 Å². The first-order valence-corrected chi connectivity index (χ1v) is 7.35. The first-order chi connectivity index (χ1) is 9.32. The summed E-state index contributed by atoms with van der Waals surface area (Å²) in [6.07, 6.45) is 6.82. The van der Waals surface area contributed by atoms with Gasteiger partial charge in [0.15, 0.2) is 0 Å². The molecule has 20 heavy (non-hydrogen) atoms. The van der Waals surface area contributed by atoms with Crippen LogP contribution in [0.15, 0.2) is 46.7 Å². The Morgan fingerprint density at radius 2 is 2.10 bits per heavy atom. The lowest BCUT2D eigenvalue weighted by Gasteiger charge is -2.13. The Kier molecular flexibility index (Phi) is 5.89. The van der Waals surface area contributed by atoms with Crippen molar-refractivity contribution in [3.63, 3.8) is 0 Å². The van der Waals surface area contributed by atoms with Gasteiger partial charge in [0.05, 0.1) is 0 Å². The highest BCUT2D eigenvalue weighted by molar-refractivity contribution is 5.42. The molecule has 2 atom stereocenters. The van der Waals surface area contributed by atoms with E-state index in [1.165, 1.54) is 17.6 Å². The van der Waals surface area contributed by atoms with Crippen LogP contribution in [0.3, 0.4) is 0 Å². The number of rotatable bonds is 2. The molecule has 0 aliphatic heterocycles.